The van der Waals surface area contributed by atoms with Gasteiger partial charge in [0, 0.05) is 5.39 Å². The molecule has 0 atom stereocenters. The fourth-order valence-electron chi connectivity index (χ4n) is 2.75. The van der Waals surface area contributed by atoms with Crippen LogP contribution in [0.15, 0.2) is 94.1 Å². The molecule has 0 aliphatic rings. The van der Waals surface area contributed by atoms with Crippen molar-refractivity contribution in [3.05, 3.63) is 101 Å². The quantitative estimate of drug-likeness (QED) is 0.493. The van der Waals surface area contributed by atoms with Crippen molar-refractivity contribution in [2.45, 2.75) is 6.61 Å². The molecule has 3 heteroatoms. The summed E-state index contributed by atoms with van der Waals surface area (Å²) < 4.78 is 11.3. The third-order valence-corrected chi connectivity index (χ3v) is 4.04. The van der Waals surface area contributed by atoms with Gasteiger partial charge in [0.25, 0.3) is 0 Å². The van der Waals surface area contributed by atoms with Crippen LogP contribution in [0.3, 0.4) is 0 Å². The minimum absolute atomic E-state index is 0.336. The van der Waals surface area contributed by atoms with Gasteiger partial charge in [0.1, 0.15) is 17.9 Å². The lowest BCUT2D eigenvalue weighted by Gasteiger charge is -2.08. The Labute approximate surface area is 145 Å². The van der Waals surface area contributed by atoms with Crippen LogP contribution >= 0.6 is 0 Å². The topological polar surface area (TPSA) is 39.4 Å². The first kappa shape index (κ1) is 15.2. The van der Waals surface area contributed by atoms with Crippen LogP contribution in [-0.4, -0.2) is 0 Å². The van der Waals surface area contributed by atoms with Gasteiger partial charge in [-0.15, -0.1) is 0 Å². The highest BCUT2D eigenvalue weighted by atomic mass is 16.5. The van der Waals surface area contributed by atoms with Crippen LogP contribution < -0.4 is 10.4 Å². The molecule has 0 saturated heterocycles. The molecule has 0 fully saturated rings. The van der Waals surface area contributed by atoms with E-state index in [0.717, 1.165) is 22.3 Å². The first-order valence-electron chi connectivity index (χ1n) is 8.10. The SMILES string of the molecule is O=c1oc2ccc(OCc3ccccc3)cc2cc1-c1ccccc1. The van der Waals surface area contributed by atoms with Gasteiger partial charge in [0.15, 0.2) is 0 Å². The van der Waals surface area contributed by atoms with Crippen molar-refractivity contribution in [3.8, 4) is 16.9 Å². The third-order valence-electron chi connectivity index (χ3n) is 4.04. The predicted molar refractivity (Wildman–Crippen MR) is 98.7 cm³/mol. The molecule has 0 spiro atoms. The molecule has 0 aliphatic carbocycles. The zero-order valence-electron chi connectivity index (χ0n) is 13.5. The van der Waals surface area contributed by atoms with E-state index in [2.05, 4.69) is 0 Å². The van der Waals surface area contributed by atoms with Gasteiger partial charge in [0.05, 0.1) is 5.56 Å². The first-order chi connectivity index (χ1) is 12.3. The van der Waals surface area contributed by atoms with Crippen molar-refractivity contribution in [1.29, 1.82) is 0 Å². The van der Waals surface area contributed by atoms with Gasteiger partial charge in [-0.3, -0.25) is 0 Å². The normalized spacial score (nSPS) is 10.7. The molecule has 0 N–H and O–H groups in total. The molecule has 0 unspecified atom stereocenters. The molecule has 122 valence electrons. The molecular weight excluding hydrogens is 312 g/mol. The largest absolute Gasteiger partial charge is 0.489 e. The van der Waals surface area contributed by atoms with Gasteiger partial charge >= 0.3 is 5.63 Å². The lowest BCUT2D eigenvalue weighted by atomic mass is 10.1. The Bertz CT molecular complexity index is 1050. The Kier molecular flexibility index (Phi) is 4.05. The van der Waals surface area contributed by atoms with Crippen LogP contribution in [0.4, 0.5) is 0 Å². The third kappa shape index (κ3) is 3.31. The maximum Gasteiger partial charge on any atom is 0.344 e. The number of hydrogen-bond acceptors (Lipinski definition) is 3. The Morgan fingerprint density at radius 2 is 1.52 bits per heavy atom. The standard InChI is InChI=1S/C22H16O3/c23-22-20(17-9-5-2-6-10-17)14-18-13-19(11-12-21(18)25-22)24-15-16-7-3-1-4-8-16/h1-14H,15H2. The molecule has 0 bridgehead atoms. The van der Waals surface area contributed by atoms with Crippen LogP contribution in [0, 0.1) is 0 Å². The minimum atomic E-state index is -0.336. The fourth-order valence-corrected chi connectivity index (χ4v) is 2.75. The lowest BCUT2D eigenvalue weighted by molar-refractivity contribution is 0.306. The van der Waals surface area contributed by atoms with Crippen molar-refractivity contribution in [1.82, 2.24) is 0 Å². The van der Waals surface area contributed by atoms with Gasteiger partial charge in [-0.2, -0.15) is 0 Å². The molecule has 0 radical (unpaired) electrons. The summed E-state index contributed by atoms with van der Waals surface area (Å²) in [5.74, 6) is 0.740. The predicted octanol–water partition coefficient (Wildman–Crippen LogP) is 5.04. The molecule has 1 heterocycles. The molecule has 25 heavy (non-hydrogen) atoms. The van der Waals surface area contributed by atoms with E-state index in [4.69, 9.17) is 9.15 Å². The molecule has 4 rings (SSSR count). The van der Waals surface area contributed by atoms with Gasteiger partial charge < -0.3 is 9.15 Å². The van der Waals surface area contributed by atoms with Crippen LogP contribution in [0.2, 0.25) is 0 Å². The fraction of sp³-hybridized carbons (Fsp3) is 0.0455. The van der Waals surface area contributed by atoms with Crippen LogP contribution in [0.25, 0.3) is 22.1 Å². The van der Waals surface area contributed by atoms with Crippen LogP contribution in [0.1, 0.15) is 5.56 Å². The summed E-state index contributed by atoms with van der Waals surface area (Å²) in [4.78, 5) is 12.2. The van der Waals surface area contributed by atoms with E-state index < -0.39 is 0 Å². The summed E-state index contributed by atoms with van der Waals surface area (Å²) >= 11 is 0. The molecule has 0 saturated carbocycles. The van der Waals surface area contributed by atoms with Crippen LogP contribution in [0.5, 0.6) is 5.75 Å². The van der Waals surface area contributed by atoms with E-state index in [1.165, 1.54) is 0 Å². The number of hydrogen-bond donors (Lipinski definition) is 0. The molecule has 3 aromatic carbocycles. The second-order valence-electron chi connectivity index (χ2n) is 5.79. The van der Waals surface area contributed by atoms with E-state index >= 15 is 0 Å². The Hall–Kier alpha value is -3.33. The summed E-state index contributed by atoms with van der Waals surface area (Å²) in [7, 11) is 0. The lowest BCUT2D eigenvalue weighted by Crippen LogP contribution is -2.02. The smallest absolute Gasteiger partial charge is 0.344 e. The van der Waals surface area contributed by atoms with Gasteiger partial charge in [-0.25, -0.2) is 4.79 Å². The maximum atomic E-state index is 12.2. The van der Waals surface area contributed by atoms with Gasteiger partial charge in [-0.05, 0) is 35.4 Å². The summed E-state index contributed by atoms with van der Waals surface area (Å²) in [5, 5.41) is 0.837. The van der Waals surface area contributed by atoms with E-state index in [1.807, 2.05) is 78.9 Å². The monoisotopic (exact) mass is 328 g/mol. The summed E-state index contributed by atoms with van der Waals surface area (Å²) in [6.45, 7) is 0.495. The molecule has 0 aliphatic heterocycles. The molecule has 1 aromatic heterocycles. The van der Waals surface area contributed by atoms with E-state index in [-0.39, 0.29) is 5.63 Å². The number of rotatable bonds is 4. The van der Waals surface area contributed by atoms with Crippen molar-refractivity contribution in [3.63, 3.8) is 0 Å². The van der Waals surface area contributed by atoms with Crippen molar-refractivity contribution in [2.75, 3.05) is 0 Å². The highest BCUT2D eigenvalue weighted by Gasteiger charge is 2.08. The zero-order chi connectivity index (χ0) is 17.1. The summed E-state index contributed by atoms with van der Waals surface area (Å²) in [6, 6.07) is 26.8. The molecule has 4 aromatic rings. The Morgan fingerprint density at radius 3 is 2.28 bits per heavy atom. The number of fused-ring (bicyclic) bond motifs is 1. The maximum absolute atomic E-state index is 12.2. The average Bonchev–Trinajstić information content (AvgIpc) is 2.67. The average molecular weight is 328 g/mol. The van der Waals surface area contributed by atoms with Crippen molar-refractivity contribution >= 4 is 11.0 Å². The Balaban J connectivity index is 1.67. The van der Waals surface area contributed by atoms with Gasteiger partial charge in [-0.1, -0.05) is 60.7 Å². The van der Waals surface area contributed by atoms with Crippen LogP contribution in [-0.2, 0) is 6.61 Å². The van der Waals surface area contributed by atoms with Gasteiger partial charge in [0.2, 0.25) is 0 Å². The van der Waals surface area contributed by atoms with E-state index in [0.29, 0.717) is 17.8 Å². The number of ether oxygens (including phenoxy) is 1. The van der Waals surface area contributed by atoms with Crippen molar-refractivity contribution < 1.29 is 9.15 Å². The second-order valence-corrected chi connectivity index (χ2v) is 5.79. The highest BCUT2D eigenvalue weighted by molar-refractivity contribution is 5.82. The zero-order valence-corrected chi connectivity index (χ0v) is 13.5. The molecule has 0 amide bonds. The van der Waals surface area contributed by atoms with E-state index in [9.17, 15) is 4.79 Å². The van der Waals surface area contributed by atoms with Crippen molar-refractivity contribution in [2.24, 2.45) is 0 Å². The molecular formula is C22H16O3. The first-order valence-corrected chi connectivity index (χ1v) is 8.10. The summed E-state index contributed by atoms with van der Waals surface area (Å²) in [5.41, 5.74) is 2.71. The van der Waals surface area contributed by atoms with E-state index in [1.54, 1.807) is 6.07 Å². The second kappa shape index (κ2) is 6.65. The highest BCUT2D eigenvalue weighted by Crippen LogP contribution is 2.25. The Morgan fingerprint density at radius 1 is 0.800 bits per heavy atom. The molecule has 3 nitrogen and oxygen atoms in total. The number of benzene rings is 3. The summed E-state index contributed by atoms with van der Waals surface area (Å²) in [6.07, 6.45) is 0. The minimum Gasteiger partial charge on any atom is -0.489 e.